The van der Waals surface area contributed by atoms with Crippen LogP contribution >= 0.6 is 0 Å². The number of hydrogen-bond donors (Lipinski definition) is 2. The SMILES string of the molecule is CC1CCCC1C(=O)Nc1cnn(C2CCNCC2)c1. The fourth-order valence-electron chi connectivity index (χ4n) is 3.44. The smallest absolute Gasteiger partial charge is 0.227 e. The Morgan fingerprint density at radius 2 is 2.15 bits per heavy atom. The highest BCUT2D eigenvalue weighted by molar-refractivity contribution is 5.92. The Morgan fingerprint density at radius 1 is 1.35 bits per heavy atom. The molecule has 1 aromatic rings. The van der Waals surface area contributed by atoms with E-state index in [0.29, 0.717) is 12.0 Å². The predicted molar refractivity (Wildman–Crippen MR) is 78.5 cm³/mol. The van der Waals surface area contributed by atoms with Crippen molar-refractivity contribution in [1.29, 1.82) is 0 Å². The van der Waals surface area contributed by atoms with Crippen molar-refractivity contribution < 1.29 is 4.79 Å². The maximum absolute atomic E-state index is 12.3. The van der Waals surface area contributed by atoms with Crippen molar-refractivity contribution in [2.75, 3.05) is 18.4 Å². The van der Waals surface area contributed by atoms with Crippen LogP contribution in [0.25, 0.3) is 0 Å². The molecule has 0 bridgehead atoms. The van der Waals surface area contributed by atoms with Gasteiger partial charge in [-0.2, -0.15) is 5.10 Å². The summed E-state index contributed by atoms with van der Waals surface area (Å²) < 4.78 is 2.01. The van der Waals surface area contributed by atoms with Crippen LogP contribution in [0.3, 0.4) is 0 Å². The van der Waals surface area contributed by atoms with Crippen LogP contribution in [0.15, 0.2) is 12.4 Å². The third-order valence-corrected chi connectivity index (χ3v) is 4.75. The van der Waals surface area contributed by atoms with Gasteiger partial charge in [0.05, 0.1) is 17.9 Å². The van der Waals surface area contributed by atoms with E-state index in [9.17, 15) is 4.79 Å². The zero-order valence-corrected chi connectivity index (χ0v) is 12.1. The monoisotopic (exact) mass is 276 g/mol. The highest BCUT2D eigenvalue weighted by Crippen LogP contribution is 2.32. The molecule has 5 heteroatoms. The van der Waals surface area contributed by atoms with Gasteiger partial charge in [0.15, 0.2) is 0 Å². The quantitative estimate of drug-likeness (QED) is 0.889. The second-order valence-corrected chi connectivity index (χ2v) is 6.19. The molecule has 1 saturated carbocycles. The number of carbonyl (C=O) groups excluding carboxylic acids is 1. The minimum absolute atomic E-state index is 0.167. The van der Waals surface area contributed by atoms with Gasteiger partial charge in [0.1, 0.15) is 0 Å². The molecular formula is C15H24N4O. The van der Waals surface area contributed by atoms with Gasteiger partial charge in [0.2, 0.25) is 5.91 Å². The number of nitrogens with zero attached hydrogens (tertiary/aromatic N) is 2. The first-order valence-corrected chi connectivity index (χ1v) is 7.80. The molecule has 20 heavy (non-hydrogen) atoms. The summed E-state index contributed by atoms with van der Waals surface area (Å²) in [5.41, 5.74) is 0.840. The minimum atomic E-state index is 0.167. The van der Waals surface area contributed by atoms with E-state index in [2.05, 4.69) is 22.7 Å². The molecular weight excluding hydrogens is 252 g/mol. The van der Waals surface area contributed by atoms with Crippen molar-refractivity contribution in [3.8, 4) is 0 Å². The van der Waals surface area contributed by atoms with Gasteiger partial charge in [-0.25, -0.2) is 0 Å². The molecule has 5 nitrogen and oxygen atoms in total. The van der Waals surface area contributed by atoms with Gasteiger partial charge in [-0.15, -0.1) is 0 Å². The number of carbonyl (C=O) groups is 1. The Morgan fingerprint density at radius 3 is 2.85 bits per heavy atom. The number of nitrogens with one attached hydrogen (secondary N) is 2. The average molecular weight is 276 g/mol. The van der Waals surface area contributed by atoms with E-state index in [4.69, 9.17) is 0 Å². The van der Waals surface area contributed by atoms with E-state index >= 15 is 0 Å². The molecule has 2 fully saturated rings. The molecule has 1 aliphatic carbocycles. The Balaban J connectivity index is 1.60. The Bertz CT molecular complexity index is 464. The van der Waals surface area contributed by atoms with Gasteiger partial charge in [-0.3, -0.25) is 9.48 Å². The number of hydrogen-bond acceptors (Lipinski definition) is 3. The van der Waals surface area contributed by atoms with Crippen LogP contribution < -0.4 is 10.6 Å². The van der Waals surface area contributed by atoms with E-state index in [0.717, 1.165) is 38.0 Å². The van der Waals surface area contributed by atoms with Crippen LogP contribution in [0.4, 0.5) is 5.69 Å². The molecule has 2 aliphatic rings. The summed E-state index contributed by atoms with van der Waals surface area (Å²) in [5, 5.41) is 10.8. The van der Waals surface area contributed by atoms with E-state index in [1.54, 1.807) is 6.20 Å². The third kappa shape index (κ3) is 2.87. The number of anilines is 1. The van der Waals surface area contributed by atoms with Crippen molar-refractivity contribution in [3.63, 3.8) is 0 Å². The van der Waals surface area contributed by atoms with Gasteiger partial charge >= 0.3 is 0 Å². The lowest BCUT2D eigenvalue weighted by molar-refractivity contribution is -0.120. The molecule has 2 unspecified atom stereocenters. The Hall–Kier alpha value is -1.36. The Labute approximate surface area is 120 Å². The summed E-state index contributed by atoms with van der Waals surface area (Å²) >= 11 is 0. The standard InChI is InChI=1S/C15H24N4O/c1-11-3-2-4-14(11)15(20)18-12-9-17-19(10-12)13-5-7-16-8-6-13/h9-11,13-14,16H,2-8H2,1H3,(H,18,20). The van der Waals surface area contributed by atoms with E-state index in [1.807, 2.05) is 10.9 Å². The predicted octanol–water partition coefficient (Wildman–Crippen LogP) is 2.18. The number of amides is 1. The average Bonchev–Trinajstić information content (AvgIpc) is 3.09. The van der Waals surface area contributed by atoms with Crippen molar-refractivity contribution in [3.05, 3.63) is 12.4 Å². The number of aromatic nitrogens is 2. The van der Waals surface area contributed by atoms with E-state index in [1.165, 1.54) is 12.8 Å². The second kappa shape index (κ2) is 5.95. The maximum Gasteiger partial charge on any atom is 0.227 e. The van der Waals surface area contributed by atoms with Crippen LogP contribution in [0.1, 0.15) is 45.1 Å². The highest BCUT2D eigenvalue weighted by atomic mass is 16.1. The van der Waals surface area contributed by atoms with Gasteiger partial charge in [0, 0.05) is 12.1 Å². The van der Waals surface area contributed by atoms with Crippen LogP contribution in [-0.2, 0) is 4.79 Å². The molecule has 2 N–H and O–H groups in total. The molecule has 0 spiro atoms. The maximum atomic E-state index is 12.3. The first-order valence-electron chi connectivity index (χ1n) is 7.80. The van der Waals surface area contributed by atoms with Crippen LogP contribution in [0.2, 0.25) is 0 Å². The summed E-state index contributed by atoms with van der Waals surface area (Å²) in [6, 6.07) is 0.465. The fourth-order valence-corrected chi connectivity index (χ4v) is 3.44. The molecule has 2 atom stereocenters. The second-order valence-electron chi connectivity index (χ2n) is 6.19. The molecule has 3 rings (SSSR count). The van der Waals surface area contributed by atoms with Crippen LogP contribution in [-0.4, -0.2) is 28.8 Å². The molecule has 1 saturated heterocycles. The van der Waals surface area contributed by atoms with Gasteiger partial charge in [-0.05, 0) is 44.7 Å². The number of rotatable bonds is 3. The van der Waals surface area contributed by atoms with E-state index in [-0.39, 0.29) is 11.8 Å². The lowest BCUT2D eigenvalue weighted by Gasteiger charge is -2.22. The van der Waals surface area contributed by atoms with Gasteiger partial charge in [-0.1, -0.05) is 13.3 Å². The largest absolute Gasteiger partial charge is 0.323 e. The summed E-state index contributed by atoms with van der Waals surface area (Å²) in [4.78, 5) is 12.3. The normalized spacial score (nSPS) is 27.6. The zero-order valence-electron chi connectivity index (χ0n) is 12.1. The van der Waals surface area contributed by atoms with Gasteiger partial charge < -0.3 is 10.6 Å². The Kier molecular flexibility index (Phi) is 4.05. The molecule has 1 amide bonds. The molecule has 1 aliphatic heterocycles. The third-order valence-electron chi connectivity index (χ3n) is 4.75. The zero-order chi connectivity index (χ0) is 13.9. The first kappa shape index (κ1) is 13.6. The van der Waals surface area contributed by atoms with Crippen LogP contribution in [0, 0.1) is 11.8 Å². The number of piperidine rings is 1. The summed E-state index contributed by atoms with van der Waals surface area (Å²) in [5.74, 6) is 0.853. The molecule has 0 radical (unpaired) electrons. The summed E-state index contributed by atoms with van der Waals surface area (Å²) in [7, 11) is 0. The van der Waals surface area contributed by atoms with Crippen molar-refractivity contribution >= 4 is 11.6 Å². The lowest BCUT2D eigenvalue weighted by atomic mass is 9.97. The first-order chi connectivity index (χ1) is 9.74. The minimum Gasteiger partial charge on any atom is -0.323 e. The topological polar surface area (TPSA) is 59.0 Å². The van der Waals surface area contributed by atoms with E-state index < -0.39 is 0 Å². The molecule has 110 valence electrons. The van der Waals surface area contributed by atoms with Gasteiger partial charge in [0.25, 0.3) is 0 Å². The molecule has 2 heterocycles. The van der Waals surface area contributed by atoms with Crippen molar-refractivity contribution in [1.82, 2.24) is 15.1 Å². The molecule has 1 aromatic heterocycles. The lowest BCUT2D eigenvalue weighted by Crippen LogP contribution is -2.29. The van der Waals surface area contributed by atoms with Crippen molar-refractivity contribution in [2.24, 2.45) is 11.8 Å². The van der Waals surface area contributed by atoms with Crippen LogP contribution in [0.5, 0.6) is 0 Å². The van der Waals surface area contributed by atoms with Crippen molar-refractivity contribution in [2.45, 2.75) is 45.1 Å². The fraction of sp³-hybridized carbons (Fsp3) is 0.733. The molecule has 0 aromatic carbocycles. The highest BCUT2D eigenvalue weighted by Gasteiger charge is 2.29. The summed E-state index contributed by atoms with van der Waals surface area (Å²) in [6.07, 6.45) is 9.34. The summed E-state index contributed by atoms with van der Waals surface area (Å²) in [6.45, 7) is 4.27.